The van der Waals surface area contributed by atoms with Gasteiger partial charge in [-0.05, 0) is 129 Å². The van der Waals surface area contributed by atoms with E-state index in [1.807, 2.05) is 106 Å². The highest BCUT2D eigenvalue weighted by atomic mass is 35.5. The van der Waals surface area contributed by atoms with Crippen LogP contribution in [0.25, 0.3) is 21.0 Å². The van der Waals surface area contributed by atoms with Crippen molar-refractivity contribution in [2.45, 2.75) is 76.8 Å². The lowest BCUT2D eigenvalue weighted by Gasteiger charge is -2.30. The van der Waals surface area contributed by atoms with E-state index in [0.717, 1.165) is 61.6 Å². The van der Waals surface area contributed by atoms with E-state index < -0.39 is 22.2 Å². The number of aromatic nitrogens is 1. The van der Waals surface area contributed by atoms with Gasteiger partial charge >= 0.3 is 5.97 Å². The van der Waals surface area contributed by atoms with Gasteiger partial charge in [-0.25, -0.2) is 14.2 Å². The molecular formula is C57H55ClFN3O6S2. The van der Waals surface area contributed by atoms with Crippen molar-refractivity contribution in [1.29, 1.82) is 0 Å². The summed E-state index contributed by atoms with van der Waals surface area (Å²) in [6.07, 6.45) is 8.02. The van der Waals surface area contributed by atoms with Crippen LogP contribution in [-0.4, -0.2) is 58.2 Å². The molecule has 7 aromatic rings. The van der Waals surface area contributed by atoms with Crippen LogP contribution in [0.4, 0.5) is 9.52 Å². The van der Waals surface area contributed by atoms with Crippen molar-refractivity contribution in [3.05, 3.63) is 177 Å². The van der Waals surface area contributed by atoms with Crippen LogP contribution in [0.2, 0.25) is 5.02 Å². The number of thiazole rings is 1. The van der Waals surface area contributed by atoms with Crippen LogP contribution >= 0.6 is 22.9 Å². The predicted octanol–water partition coefficient (Wildman–Crippen LogP) is 13.4. The molecule has 1 aromatic heterocycles. The molecule has 3 unspecified atom stereocenters. The summed E-state index contributed by atoms with van der Waals surface area (Å²) in [5.41, 5.74) is 5.80. The zero-order valence-corrected chi connectivity index (χ0v) is 42.1. The van der Waals surface area contributed by atoms with Crippen molar-refractivity contribution in [3.8, 4) is 17.6 Å². The Morgan fingerprint density at radius 1 is 0.929 bits per heavy atom. The maximum Gasteiger partial charge on any atom is 0.338 e. The number of anilines is 1. The number of ether oxygens (including phenoxy) is 3. The van der Waals surface area contributed by atoms with Crippen molar-refractivity contribution in [3.63, 3.8) is 0 Å². The van der Waals surface area contributed by atoms with Crippen LogP contribution < -0.4 is 9.15 Å². The SMILES string of the molecule is C/C=C/COCCCOc1ccc(CCOC(=O)c2ccc(C#Cc3ccc4cc(C5CCC(C)C(F)C5)ccc4c3Cl)c(C)c2/C=N/N(c2nc3ccccc3s2)S(=O)(=O)c2ccc(C)cc2)cc1. The fraction of sp³-hybridized carbons (Fsp3) is 0.281. The number of carbonyl (C=O) groups is 1. The molecule has 1 fully saturated rings. The van der Waals surface area contributed by atoms with E-state index in [0.29, 0.717) is 65.5 Å². The Balaban J connectivity index is 1.08. The molecule has 360 valence electrons. The van der Waals surface area contributed by atoms with E-state index in [-0.39, 0.29) is 34.0 Å². The number of alkyl halides is 1. The van der Waals surface area contributed by atoms with Crippen LogP contribution in [0, 0.1) is 31.6 Å². The number of benzene rings is 6. The third-order valence-corrected chi connectivity index (χ3v) is 15.7. The van der Waals surface area contributed by atoms with Crippen LogP contribution in [0.5, 0.6) is 5.75 Å². The first-order valence-corrected chi connectivity index (χ1v) is 26.1. The van der Waals surface area contributed by atoms with Gasteiger partial charge in [0, 0.05) is 34.9 Å². The molecule has 0 radical (unpaired) electrons. The smallest absolute Gasteiger partial charge is 0.338 e. The number of halogens is 2. The molecule has 1 saturated carbocycles. The first kappa shape index (κ1) is 50.0. The third kappa shape index (κ3) is 12.0. The van der Waals surface area contributed by atoms with E-state index in [4.69, 9.17) is 25.8 Å². The molecule has 1 aliphatic rings. The Morgan fingerprint density at radius 2 is 1.70 bits per heavy atom. The molecule has 6 aromatic carbocycles. The summed E-state index contributed by atoms with van der Waals surface area (Å²) < 4.78 is 62.5. The molecule has 0 amide bonds. The van der Waals surface area contributed by atoms with E-state index in [9.17, 15) is 17.6 Å². The number of carbonyl (C=O) groups excluding carboxylic acids is 1. The number of fused-ring (bicyclic) bond motifs is 2. The number of esters is 1. The first-order chi connectivity index (χ1) is 33.9. The average molecular weight is 997 g/mol. The number of hydrogen-bond donors (Lipinski definition) is 0. The molecule has 70 heavy (non-hydrogen) atoms. The van der Waals surface area contributed by atoms with Gasteiger partial charge in [-0.3, -0.25) is 0 Å². The highest BCUT2D eigenvalue weighted by Gasteiger charge is 2.30. The normalized spacial score (nSPS) is 16.2. The number of sulfonamides is 1. The summed E-state index contributed by atoms with van der Waals surface area (Å²) in [5, 5.41) is 7.03. The molecule has 1 heterocycles. The minimum atomic E-state index is -4.30. The molecule has 0 aliphatic heterocycles. The molecule has 9 nitrogen and oxygen atoms in total. The van der Waals surface area contributed by atoms with Gasteiger partial charge < -0.3 is 14.2 Å². The lowest BCUT2D eigenvalue weighted by atomic mass is 9.78. The van der Waals surface area contributed by atoms with Crippen LogP contribution in [-0.2, 0) is 25.9 Å². The van der Waals surface area contributed by atoms with E-state index >= 15 is 0 Å². The highest BCUT2D eigenvalue weighted by Crippen LogP contribution is 2.39. The van der Waals surface area contributed by atoms with E-state index in [1.165, 1.54) is 29.7 Å². The summed E-state index contributed by atoms with van der Waals surface area (Å²) in [6, 6.07) is 34.9. The average Bonchev–Trinajstić information content (AvgIpc) is 3.79. The number of allylic oxidation sites excluding steroid dienone is 1. The van der Waals surface area contributed by atoms with Gasteiger partial charge in [0.25, 0.3) is 10.0 Å². The second-order valence-corrected chi connectivity index (χ2v) is 20.7. The maximum absolute atomic E-state index is 14.7. The van der Waals surface area contributed by atoms with Crippen molar-refractivity contribution < 1.29 is 31.8 Å². The van der Waals surface area contributed by atoms with Gasteiger partial charge in [0.05, 0.1) is 58.3 Å². The molecule has 0 saturated heterocycles. The van der Waals surface area contributed by atoms with Gasteiger partial charge in [0.2, 0.25) is 5.13 Å². The second-order valence-electron chi connectivity index (χ2n) is 17.5. The Kier molecular flexibility index (Phi) is 16.5. The topological polar surface area (TPSA) is 107 Å². The number of hydrogen-bond acceptors (Lipinski definition) is 9. The molecular weight excluding hydrogens is 941 g/mol. The Bertz CT molecular complexity index is 3180. The molecule has 0 spiro atoms. The van der Waals surface area contributed by atoms with Gasteiger partial charge in [-0.2, -0.15) is 13.5 Å². The minimum Gasteiger partial charge on any atom is -0.494 e. The Morgan fingerprint density at radius 3 is 2.47 bits per heavy atom. The monoisotopic (exact) mass is 995 g/mol. The fourth-order valence-corrected chi connectivity index (χ4v) is 11.0. The largest absolute Gasteiger partial charge is 0.494 e. The minimum absolute atomic E-state index is 0.0239. The van der Waals surface area contributed by atoms with Crippen LogP contribution in [0.15, 0.2) is 137 Å². The number of hydrazone groups is 1. The summed E-state index contributed by atoms with van der Waals surface area (Å²) in [7, 11) is -4.30. The lowest BCUT2D eigenvalue weighted by molar-refractivity contribution is 0.0509. The molecule has 8 rings (SSSR count). The summed E-state index contributed by atoms with van der Waals surface area (Å²) in [4.78, 5) is 18.7. The molecule has 3 atom stereocenters. The highest BCUT2D eigenvalue weighted by molar-refractivity contribution is 7.93. The van der Waals surface area contributed by atoms with Crippen molar-refractivity contribution in [2.75, 3.05) is 30.8 Å². The van der Waals surface area contributed by atoms with Gasteiger partial charge in [0.15, 0.2) is 0 Å². The van der Waals surface area contributed by atoms with Gasteiger partial charge in [-0.1, -0.05) is 120 Å². The standard InChI is InChI=1S/C57H55ClFN3O6S2/c1-5-6-31-66-32-9-33-67-47-24-15-41(16-25-47)30-34-68-56(63)50-29-22-42(18-19-43-20-21-46-35-44(23-28-49(46)55(43)58)45-17-14-39(3)52(59)36-45)40(4)51(50)37-60-62(57-61-53-10-7-8-11-54(53)69-57)70(64,65)48-26-12-38(2)13-27-48/h5-8,10-13,15-16,20-29,35,37,39,45,52H,9,14,17,30-34,36H2,1-4H3/b6-5+,60-37+. The molecule has 1 aliphatic carbocycles. The van der Waals surface area contributed by atoms with Crippen molar-refractivity contribution >= 4 is 71.3 Å². The van der Waals surface area contributed by atoms with Crippen LogP contribution in [0.3, 0.4) is 0 Å². The fourth-order valence-electron chi connectivity index (χ4n) is 8.34. The Hall–Kier alpha value is -6.36. The molecule has 0 bridgehead atoms. The maximum atomic E-state index is 14.7. The Labute approximate surface area is 419 Å². The van der Waals surface area contributed by atoms with Crippen molar-refractivity contribution in [1.82, 2.24) is 4.98 Å². The van der Waals surface area contributed by atoms with E-state index in [1.54, 1.807) is 31.2 Å². The zero-order valence-electron chi connectivity index (χ0n) is 39.7. The lowest BCUT2D eigenvalue weighted by Crippen LogP contribution is -2.26. The first-order valence-electron chi connectivity index (χ1n) is 23.5. The number of para-hydroxylation sites is 1. The second kappa shape index (κ2) is 23.0. The predicted molar refractivity (Wildman–Crippen MR) is 281 cm³/mol. The van der Waals surface area contributed by atoms with Crippen LogP contribution in [0.1, 0.15) is 94.8 Å². The number of rotatable bonds is 17. The molecule has 13 heteroatoms. The third-order valence-electron chi connectivity index (χ3n) is 12.6. The summed E-state index contributed by atoms with van der Waals surface area (Å²) in [6.45, 7) is 9.42. The number of aryl methyl sites for hydroxylation is 1. The zero-order chi connectivity index (χ0) is 49.2. The van der Waals surface area contributed by atoms with E-state index in [2.05, 4.69) is 28.0 Å². The molecule has 0 N–H and O–H groups in total. The summed E-state index contributed by atoms with van der Waals surface area (Å²) in [5.74, 6) is 6.86. The van der Waals surface area contributed by atoms with Crippen molar-refractivity contribution in [2.24, 2.45) is 11.0 Å². The summed E-state index contributed by atoms with van der Waals surface area (Å²) >= 11 is 8.20. The number of nitrogens with zero attached hydrogens (tertiary/aromatic N) is 3. The quantitative estimate of drug-likeness (QED) is 0.0223. The van der Waals surface area contributed by atoms with Gasteiger partial charge in [-0.15, -0.1) is 4.41 Å². The van der Waals surface area contributed by atoms with Gasteiger partial charge in [0.1, 0.15) is 11.9 Å².